The molecule has 3 aromatic heterocycles. The van der Waals surface area contributed by atoms with Crippen molar-refractivity contribution in [2.24, 2.45) is 0 Å². The van der Waals surface area contributed by atoms with Gasteiger partial charge in [-0.1, -0.05) is 74.5 Å². The van der Waals surface area contributed by atoms with Gasteiger partial charge in [0.05, 0.1) is 11.0 Å². The second kappa shape index (κ2) is 6.39. The van der Waals surface area contributed by atoms with E-state index in [1.54, 1.807) is 0 Å². The second-order valence-electron chi connectivity index (χ2n) is 10.0. The molecule has 0 N–H and O–H groups in total. The van der Waals surface area contributed by atoms with Gasteiger partial charge in [-0.25, -0.2) is 0 Å². The van der Waals surface area contributed by atoms with Crippen LogP contribution in [0.25, 0.3) is 60.6 Å². The highest BCUT2D eigenvalue weighted by Gasteiger charge is 2.41. The van der Waals surface area contributed by atoms with E-state index in [0.717, 1.165) is 22.2 Å². The lowest BCUT2D eigenvalue weighted by atomic mass is 9.81. The molecule has 0 unspecified atom stereocenters. The number of pyridine rings is 1. The number of rotatable bonds is 1. The molecule has 0 aliphatic heterocycles. The number of furan rings is 1. The molecule has 166 valence electrons. The van der Waals surface area contributed by atoms with Crippen LogP contribution in [0, 0.1) is 0 Å². The van der Waals surface area contributed by atoms with E-state index in [-0.39, 0.29) is 5.41 Å². The number of aromatic nitrogens is 2. The third-order valence-electron chi connectivity index (χ3n) is 7.85. The highest BCUT2D eigenvalue weighted by atomic mass is 16.3. The Labute approximate surface area is 202 Å². The summed E-state index contributed by atoms with van der Waals surface area (Å²) in [6.07, 6.45) is 3.75. The molecule has 0 amide bonds. The van der Waals surface area contributed by atoms with Gasteiger partial charge in [-0.15, -0.1) is 0 Å². The van der Waals surface area contributed by atoms with E-state index in [1.807, 2.05) is 12.4 Å². The zero-order valence-corrected chi connectivity index (χ0v) is 19.5. The lowest BCUT2D eigenvalue weighted by molar-refractivity contribution is 0.656. The van der Waals surface area contributed by atoms with Crippen molar-refractivity contribution in [3.05, 3.63) is 108 Å². The van der Waals surface area contributed by atoms with Crippen LogP contribution in [0.15, 0.2) is 102 Å². The second-order valence-corrected chi connectivity index (χ2v) is 10.0. The molecular weight excluding hydrogens is 428 g/mol. The van der Waals surface area contributed by atoms with Gasteiger partial charge in [0.15, 0.2) is 0 Å². The van der Waals surface area contributed by atoms with Crippen LogP contribution >= 0.6 is 0 Å². The molecular formula is C32H22N2O. The van der Waals surface area contributed by atoms with Crippen molar-refractivity contribution in [3.63, 3.8) is 0 Å². The van der Waals surface area contributed by atoms with Crippen LogP contribution in [0.3, 0.4) is 0 Å². The highest BCUT2D eigenvalue weighted by Crippen LogP contribution is 2.57. The molecule has 1 aliphatic carbocycles. The molecule has 8 rings (SSSR count). The maximum atomic E-state index is 6.70. The number of hydrogen-bond acceptors (Lipinski definition) is 2. The average molecular weight is 451 g/mol. The highest BCUT2D eigenvalue weighted by molar-refractivity contribution is 6.31. The van der Waals surface area contributed by atoms with Crippen molar-refractivity contribution in [2.75, 3.05) is 0 Å². The summed E-state index contributed by atoms with van der Waals surface area (Å²) in [6.45, 7) is 4.69. The third-order valence-corrected chi connectivity index (χ3v) is 7.85. The van der Waals surface area contributed by atoms with Gasteiger partial charge in [-0.05, 0) is 41.0 Å². The monoisotopic (exact) mass is 450 g/mol. The molecule has 0 fully saturated rings. The third kappa shape index (κ3) is 2.23. The number of benzene rings is 4. The first-order valence-corrected chi connectivity index (χ1v) is 12.1. The summed E-state index contributed by atoms with van der Waals surface area (Å²) in [5, 5.41) is 4.86. The van der Waals surface area contributed by atoms with Crippen molar-refractivity contribution in [1.82, 2.24) is 9.55 Å². The van der Waals surface area contributed by atoms with Crippen LogP contribution in [0.2, 0.25) is 0 Å². The average Bonchev–Trinajstić information content (AvgIpc) is 3.51. The molecule has 0 saturated carbocycles. The van der Waals surface area contributed by atoms with E-state index in [9.17, 15) is 0 Å². The fourth-order valence-electron chi connectivity index (χ4n) is 6.44. The van der Waals surface area contributed by atoms with Crippen LogP contribution in [0.4, 0.5) is 0 Å². The van der Waals surface area contributed by atoms with Gasteiger partial charge in [0.1, 0.15) is 11.2 Å². The summed E-state index contributed by atoms with van der Waals surface area (Å²) in [5.41, 5.74) is 10.5. The minimum atomic E-state index is -0.184. The first-order chi connectivity index (χ1) is 17.2. The molecule has 1 aliphatic rings. The summed E-state index contributed by atoms with van der Waals surface area (Å²) in [6, 6.07) is 30.2. The molecule has 0 saturated heterocycles. The predicted molar refractivity (Wildman–Crippen MR) is 143 cm³/mol. The van der Waals surface area contributed by atoms with E-state index in [1.165, 1.54) is 49.4 Å². The van der Waals surface area contributed by atoms with Crippen molar-refractivity contribution in [3.8, 4) is 16.8 Å². The first kappa shape index (κ1) is 19.0. The molecule has 3 heteroatoms. The summed E-state index contributed by atoms with van der Waals surface area (Å²) in [7, 11) is 0. The molecule has 0 atom stereocenters. The molecule has 0 radical (unpaired) electrons. The first-order valence-electron chi connectivity index (χ1n) is 12.1. The Balaban J connectivity index is 1.76. The van der Waals surface area contributed by atoms with E-state index in [0.29, 0.717) is 0 Å². The van der Waals surface area contributed by atoms with E-state index in [2.05, 4.69) is 108 Å². The van der Waals surface area contributed by atoms with Crippen molar-refractivity contribution >= 4 is 43.7 Å². The van der Waals surface area contributed by atoms with Crippen LogP contribution in [-0.2, 0) is 5.41 Å². The van der Waals surface area contributed by atoms with Crippen LogP contribution in [-0.4, -0.2) is 9.55 Å². The number of fused-ring (bicyclic) bond motifs is 12. The Hall–Kier alpha value is -4.37. The van der Waals surface area contributed by atoms with Gasteiger partial charge in [0.2, 0.25) is 0 Å². The Morgan fingerprint density at radius 1 is 0.743 bits per heavy atom. The number of para-hydroxylation sites is 2. The fraction of sp³-hybridized carbons (Fsp3) is 0.0938. The maximum Gasteiger partial charge on any atom is 0.144 e. The zero-order valence-electron chi connectivity index (χ0n) is 19.5. The fourth-order valence-corrected chi connectivity index (χ4v) is 6.44. The van der Waals surface area contributed by atoms with Crippen molar-refractivity contribution < 1.29 is 4.42 Å². The predicted octanol–water partition coefficient (Wildman–Crippen LogP) is 8.38. The van der Waals surface area contributed by atoms with Crippen LogP contribution in [0.1, 0.15) is 25.0 Å². The summed E-state index contributed by atoms with van der Waals surface area (Å²) >= 11 is 0. The quantitative estimate of drug-likeness (QED) is 0.251. The van der Waals surface area contributed by atoms with Gasteiger partial charge >= 0.3 is 0 Å². The summed E-state index contributed by atoms with van der Waals surface area (Å²) in [4.78, 5) is 4.30. The number of hydrogen-bond donors (Lipinski definition) is 0. The maximum absolute atomic E-state index is 6.70. The lowest BCUT2D eigenvalue weighted by Gasteiger charge is -2.23. The Morgan fingerprint density at radius 3 is 2.31 bits per heavy atom. The number of nitrogens with zero attached hydrogens (tertiary/aromatic N) is 2. The van der Waals surface area contributed by atoms with Gasteiger partial charge < -0.3 is 8.98 Å². The van der Waals surface area contributed by atoms with Crippen LogP contribution < -0.4 is 0 Å². The molecule has 7 aromatic rings. The van der Waals surface area contributed by atoms with Gasteiger partial charge in [-0.3, -0.25) is 4.98 Å². The zero-order chi connectivity index (χ0) is 23.3. The molecule has 35 heavy (non-hydrogen) atoms. The Kier molecular flexibility index (Phi) is 3.47. The van der Waals surface area contributed by atoms with Crippen molar-refractivity contribution in [2.45, 2.75) is 19.3 Å². The minimum Gasteiger partial charge on any atom is -0.455 e. The van der Waals surface area contributed by atoms with Crippen LogP contribution in [0.5, 0.6) is 0 Å². The van der Waals surface area contributed by atoms with E-state index in [4.69, 9.17) is 4.42 Å². The summed E-state index contributed by atoms with van der Waals surface area (Å²) in [5.74, 6) is 0. The molecule has 3 heterocycles. The molecule has 3 nitrogen and oxygen atoms in total. The smallest absolute Gasteiger partial charge is 0.144 e. The summed E-state index contributed by atoms with van der Waals surface area (Å²) < 4.78 is 9.13. The van der Waals surface area contributed by atoms with Gasteiger partial charge in [-0.2, -0.15) is 0 Å². The SMILES string of the molecule is CC1(C)c2ccccc2-c2c1c1c(c3ccccc3n1-c1ccncc1)c1c2oc2ccccc21. The minimum absolute atomic E-state index is 0.184. The molecule has 0 bridgehead atoms. The normalized spacial score (nSPS) is 14.2. The largest absolute Gasteiger partial charge is 0.455 e. The van der Waals surface area contributed by atoms with E-state index < -0.39 is 0 Å². The topological polar surface area (TPSA) is 31.0 Å². The molecule has 0 spiro atoms. The standard InChI is InChI=1S/C32H22N2O/c1-32(2)23-12-6-3-9-20(23)28-29(32)30-26(27-22-11-5-8-14-25(22)35-31(27)28)21-10-4-7-13-24(21)34(30)19-15-17-33-18-16-19/h3-18H,1-2H3. The van der Waals surface area contributed by atoms with Gasteiger partial charge in [0.25, 0.3) is 0 Å². The van der Waals surface area contributed by atoms with Gasteiger partial charge in [0, 0.05) is 50.6 Å². The van der Waals surface area contributed by atoms with E-state index >= 15 is 0 Å². The van der Waals surface area contributed by atoms with Crippen molar-refractivity contribution in [1.29, 1.82) is 0 Å². The molecule has 4 aromatic carbocycles. The lowest BCUT2D eigenvalue weighted by Crippen LogP contribution is -2.16. The Bertz CT molecular complexity index is 1970. The Morgan fingerprint density at radius 2 is 1.46 bits per heavy atom.